The van der Waals surface area contributed by atoms with Gasteiger partial charge in [0.05, 0.1) is 14.2 Å². The summed E-state index contributed by atoms with van der Waals surface area (Å²) in [6.07, 6.45) is 0.926. The van der Waals surface area contributed by atoms with Crippen molar-refractivity contribution >= 4 is 0 Å². The topological polar surface area (TPSA) is 83.0 Å². The van der Waals surface area contributed by atoms with Crippen LogP contribution in [0.1, 0.15) is 17.5 Å². The molecule has 4 N–H and O–H groups in total. The fraction of sp³-hybridized carbons (Fsp3) is 0.368. The minimum Gasteiger partial charge on any atom is -0.504 e. The Morgan fingerprint density at radius 1 is 0.741 bits per heavy atom. The summed E-state index contributed by atoms with van der Waals surface area (Å²) < 4.78 is 10.2. The van der Waals surface area contributed by atoms with Crippen LogP contribution in [0.2, 0.25) is 0 Å². The first-order valence-corrected chi connectivity index (χ1v) is 8.28. The molecule has 0 unspecified atom stereocenters. The van der Waals surface area contributed by atoms with Crippen molar-refractivity contribution in [3.63, 3.8) is 0 Å². The van der Waals surface area contributed by atoms with Crippen molar-refractivity contribution in [2.24, 2.45) is 0 Å². The largest absolute Gasteiger partial charge is 4.00 e. The van der Waals surface area contributed by atoms with Gasteiger partial charge in [-0.2, -0.15) is 0 Å². The molecule has 0 aliphatic heterocycles. The van der Waals surface area contributed by atoms with Crippen LogP contribution in [0.3, 0.4) is 0 Å². The predicted octanol–water partition coefficient (Wildman–Crippen LogP) is 2.38. The van der Waals surface area contributed by atoms with Crippen molar-refractivity contribution in [2.75, 3.05) is 27.3 Å². The smallest absolute Gasteiger partial charge is 0.504 e. The van der Waals surface area contributed by atoms with E-state index in [0.717, 1.165) is 30.6 Å². The van der Waals surface area contributed by atoms with Crippen LogP contribution in [0, 0.1) is 83.5 Å². The van der Waals surface area contributed by atoms with E-state index < -0.39 is 0 Å². The van der Waals surface area contributed by atoms with Crippen LogP contribution in [0.4, 0.5) is 0 Å². The molecule has 0 heterocycles. The summed E-state index contributed by atoms with van der Waals surface area (Å²) in [5.74, 6) is 1.34. The summed E-state index contributed by atoms with van der Waals surface area (Å²) in [4.78, 5) is 0. The van der Waals surface area contributed by atoms with Gasteiger partial charge >= 0.3 is 83.5 Å². The van der Waals surface area contributed by atoms with E-state index in [1.807, 2.05) is 24.3 Å². The van der Waals surface area contributed by atoms with Crippen molar-refractivity contribution in [1.29, 1.82) is 0 Å². The fourth-order valence-electron chi connectivity index (χ4n) is 2.53. The Bertz CT molecular complexity index is 629. The first-order valence-electron chi connectivity index (χ1n) is 8.28. The van der Waals surface area contributed by atoms with Gasteiger partial charge in [-0.3, -0.25) is 0 Å². The van der Waals surface area contributed by atoms with Crippen molar-refractivity contribution < 1.29 is 103 Å². The van der Waals surface area contributed by atoms with Gasteiger partial charge in [0.1, 0.15) is 0 Å². The van der Waals surface area contributed by atoms with E-state index in [1.165, 1.54) is 14.2 Å². The molecule has 0 fully saturated rings. The van der Waals surface area contributed by atoms with Gasteiger partial charge in [0.15, 0.2) is 23.0 Å². The molecule has 0 aliphatic carbocycles. The van der Waals surface area contributed by atoms with Crippen LogP contribution in [-0.2, 0) is 13.1 Å². The van der Waals surface area contributed by atoms with E-state index >= 15 is 0 Å². The van der Waals surface area contributed by atoms with Crippen LogP contribution in [-0.4, -0.2) is 37.5 Å². The molecule has 2 rings (SSSR count). The van der Waals surface area contributed by atoms with Crippen molar-refractivity contribution in [3.05, 3.63) is 47.5 Å². The minimum absolute atomic E-state index is 0. The van der Waals surface area contributed by atoms with Crippen molar-refractivity contribution in [2.45, 2.75) is 19.5 Å². The van der Waals surface area contributed by atoms with Crippen molar-refractivity contribution in [1.82, 2.24) is 10.6 Å². The third-order valence-corrected chi connectivity index (χ3v) is 3.94. The monoisotopic (exact) mass is 626 g/mol. The van der Waals surface area contributed by atoms with Crippen LogP contribution in [0.15, 0.2) is 36.4 Å². The average Bonchev–Trinajstić information content (AvgIpc) is 2.63. The van der Waals surface area contributed by atoms with Crippen LogP contribution in [0.5, 0.6) is 23.0 Å². The second-order valence-corrected chi connectivity index (χ2v) is 5.64. The van der Waals surface area contributed by atoms with Crippen LogP contribution in [0.25, 0.3) is 0 Å². The maximum Gasteiger partial charge on any atom is 4.00 e. The van der Waals surface area contributed by atoms with Gasteiger partial charge in [-0.1, -0.05) is 24.3 Å². The summed E-state index contributed by atoms with van der Waals surface area (Å²) in [5.41, 5.74) is 1.63. The summed E-state index contributed by atoms with van der Waals surface area (Å²) in [6, 6.07) is 10.9. The fourth-order valence-corrected chi connectivity index (χ4v) is 2.53. The Morgan fingerprint density at radius 2 is 1.15 bits per heavy atom. The van der Waals surface area contributed by atoms with E-state index in [2.05, 4.69) is 10.6 Å². The van der Waals surface area contributed by atoms with E-state index in [4.69, 9.17) is 9.47 Å². The zero-order valence-electron chi connectivity index (χ0n) is 15.7. The number of benzene rings is 2. The molecule has 0 radical (unpaired) electrons. The first kappa shape index (κ1) is 27.3. The zero-order valence-corrected chi connectivity index (χ0v) is 22.0. The molecular weight excluding hydrogens is 600 g/mol. The van der Waals surface area contributed by atoms with Gasteiger partial charge in [-0.15, -0.1) is 0 Å². The third kappa shape index (κ3) is 8.69. The molecule has 0 bridgehead atoms. The van der Waals surface area contributed by atoms with Crippen molar-refractivity contribution in [3.8, 4) is 23.0 Å². The predicted molar refractivity (Wildman–Crippen MR) is 97.3 cm³/mol. The second kappa shape index (κ2) is 15.2. The molecule has 0 amide bonds. The maximum atomic E-state index is 10.0. The normalized spacial score (nSPS) is 9.85. The Balaban J connectivity index is 0.00000338. The molecule has 0 spiro atoms. The molecule has 0 saturated carbocycles. The molecule has 2 aromatic carbocycles. The molecule has 2 aromatic rings. The quantitative estimate of drug-likeness (QED) is 0.304. The second-order valence-electron chi connectivity index (χ2n) is 5.64. The third-order valence-electron chi connectivity index (χ3n) is 3.94. The number of hydrogen-bond acceptors (Lipinski definition) is 6. The maximum absolute atomic E-state index is 10.0. The summed E-state index contributed by atoms with van der Waals surface area (Å²) in [6.45, 7) is 2.79. The van der Waals surface area contributed by atoms with E-state index in [1.54, 1.807) is 12.1 Å². The number of para-hydroxylation sites is 2. The van der Waals surface area contributed by atoms with Crippen LogP contribution < -0.4 is 20.1 Å². The summed E-state index contributed by atoms with van der Waals surface area (Å²) in [7, 11) is 3.08. The number of phenols is 2. The Hall–Kier alpha value is 0.313. The van der Waals surface area contributed by atoms with Gasteiger partial charge in [-0.25, -0.2) is 0 Å². The standard InChI is InChI=1S/C19H26N2O4.2Ce/c1-24-16-8-3-6-14(18(16)22)12-20-10-5-11-21-13-15-7-4-9-17(25-2)19(15)23;;/h3-4,6-9,20-23H,5,10-13H2,1-2H3;;/q;2*+4. The molecule has 27 heavy (non-hydrogen) atoms. The summed E-state index contributed by atoms with van der Waals surface area (Å²) >= 11 is 0. The number of aromatic hydroxyl groups is 2. The molecule has 0 saturated heterocycles. The SMILES string of the molecule is COc1cccc(CNCCCNCc2cccc(OC)c2O)c1O.[Ce+4].[Ce+4]. The molecule has 0 aliphatic rings. The van der Waals surface area contributed by atoms with Crippen LogP contribution >= 0.6 is 0 Å². The number of methoxy groups -OCH3 is 2. The zero-order chi connectivity index (χ0) is 18.1. The molecular formula is C19H26Ce2N2O4+8. The molecule has 136 valence electrons. The Labute approximate surface area is 228 Å². The molecule has 8 heteroatoms. The molecule has 0 atom stereocenters. The van der Waals surface area contributed by atoms with Gasteiger partial charge in [0, 0.05) is 24.2 Å². The molecule has 0 aromatic heterocycles. The average molecular weight is 627 g/mol. The Kier molecular flexibility index (Phi) is 15.4. The van der Waals surface area contributed by atoms with Gasteiger partial charge in [0.2, 0.25) is 0 Å². The van der Waals surface area contributed by atoms with Gasteiger partial charge in [0.25, 0.3) is 0 Å². The number of hydrogen-bond donors (Lipinski definition) is 4. The van der Waals surface area contributed by atoms with E-state index in [9.17, 15) is 10.2 Å². The number of ether oxygens (including phenoxy) is 2. The van der Waals surface area contributed by atoms with Gasteiger partial charge in [-0.05, 0) is 31.6 Å². The number of phenolic OH excluding ortho intramolecular Hbond substituents is 2. The van der Waals surface area contributed by atoms with Gasteiger partial charge < -0.3 is 30.3 Å². The first-order chi connectivity index (χ1) is 12.2. The minimum atomic E-state index is 0. The number of rotatable bonds is 10. The van der Waals surface area contributed by atoms with E-state index in [0.29, 0.717) is 24.6 Å². The van der Waals surface area contributed by atoms with E-state index in [-0.39, 0.29) is 95.0 Å². The molecule has 6 nitrogen and oxygen atoms in total. The Morgan fingerprint density at radius 3 is 1.52 bits per heavy atom. The number of nitrogens with one attached hydrogen (secondary N) is 2. The summed E-state index contributed by atoms with van der Waals surface area (Å²) in [5, 5.41) is 26.6.